The smallest absolute Gasteiger partial charge is 0.244 e. The molecule has 0 radical (unpaired) electrons. The summed E-state index contributed by atoms with van der Waals surface area (Å²) in [5, 5.41) is 2.88. The lowest BCUT2D eigenvalue weighted by Gasteiger charge is -2.07. The quantitative estimate of drug-likeness (QED) is 0.397. The van der Waals surface area contributed by atoms with Gasteiger partial charge in [-0.1, -0.05) is 24.3 Å². The molecule has 0 atom stereocenters. The zero-order valence-corrected chi connectivity index (χ0v) is 18.2. The zero-order chi connectivity index (χ0) is 21.8. The summed E-state index contributed by atoms with van der Waals surface area (Å²) in [5.74, 6) is 0.782. The molecule has 162 valence electrons. The molecular weight excluding hydrogens is 412 g/mol. The molecule has 1 heterocycles. The summed E-state index contributed by atoms with van der Waals surface area (Å²) < 4.78 is 29.2. The maximum absolute atomic E-state index is 12.2. The number of sulfonamides is 1. The Morgan fingerprint density at radius 1 is 1.16 bits per heavy atom. The number of aryl methyl sites for hydroxylation is 2. The van der Waals surface area contributed by atoms with Crippen LogP contribution in [0.2, 0.25) is 0 Å². The third-order valence-electron chi connectivity index (χ3n) is 5.22. The second kappa shape index (κ2) is 9.03. The van der Waals surface area contributed by atoms with Crippen LogP contribution in [0.1, 0.15) is 30.7 Å². The van der Waals surface area contributed by atoms with Gasteiger partial charge < -0.3 is 9.88 Å². The number of benzene rings is 2. The summed E-state index contributed by atoms with van der Waals surface area (Å²) in [4.78, 5) is 16.9. The third-order valence-corrected chi connectivity index (χ3v) is 6.76. The van der Waals surface area contributed by atoms with Crippen molar-refractivity contribution in [2.75, 3.05) is 6.54 Å². The normalized spacial score (nSPS) is 14.4. The van der Waals surface area contributed by atoms with Gasteiger partial charge in [0.05, 0.1) is 15.9 Å². The maximum atomic E-state index is 12.2. The van der Waals surface area contributed by atoms with Crippen LogP contribution in [-0.4, -0.2) is 36.5 Å². The summed E-state index contributed by atoms with van der Waals surface area (Å²) >= 11 is 0. The summed E-state index contributed by atoms with van der Waals surface area (Å²) in [6, 6.07) is 14.6. The summed E-state index contributed by atoms with van der Waals surface area (Å²) in [5.41, 5.74) is 2.85. The van der Waals surface area contributed by atoms with E-state index in [1.54, 1.807) is 30.3 Å². The van der Waals surface area contributed by atoms with Crippen molar-refractivity contribution >= 4 is 33.0 Å². The molecule has 31 heavy (non-hydrogen) atoms. The van der Waals surface area contributed by atoms with Crippen LogP contribution in [0.15, 0.2) is 59.5 Å². The number of para-hydroxylation sites is 2. The van der Waals surface area contributed by atoms with Gasteiger partial charge in [-0.05, 0) is 62.1 Å². The van der Waals surface area contributed by atoms with Gasteiger partial charge in [-0.25, -0.2) is 18.1 Å². The summed E-state index contributed by atoms with van der Waals surface area (Å²) in [6.45, 7) is 3.32. The van der Waals surface area contributed by atoms with Crippen molar-refractivity contribution in [1.82, 2.24) is 19.6 Å². The molecule has 2 N–H and O–H groups in total. The van der Waals surface area contributed by atoms with E-state index in [9.17, 15) is 13.2 Å². The van der Waals surface area contributed by atoms with E-state index in [-0.39, 0.29) is 16.8 Å². The number of carbonyl (C=O) groups excluding carboxylic acids is 1. The van der Waals surface area contributed by atoms with Crippen molar-refractivity contribution in [3.63, 3.8) is 0 Å². The van der Waals surface area contributed by atoms with Gasteiger partial charge in [-0.2, -0.15) is 0 Å². The first-order chi connectivity index (χ1) is 14.9. The van der Waals surface area contributed by atoms with Crippen molar-refractivity contribution in [1.29, 1.82) is 0 Å². The third kappa shape index (κ3) is 5.39. The van der Waals surface area contributed by atoms with E-state index in [0.29, 0.717) is 6.54 Å². The predicted molar refractivity (Wildman–Crippen MR) is 121 cm³/mol. The molecule has 2 aromatic carbocycles. The van der Waals surface area contributed by atoms with Gasteiger partial charge in [0, 0.05) is 25.2 Å². The average molecular weight is 439 g/mol. The molecule has 0 aliphatic heterocycles. The van der Waals surface area contributed by atoms with E-state index in [0.717, 1.165) is 48.2 Å². The monoisotopic (exact) mass is 438 g/mol. The highest BCUT2D eigenvalue weighted by molar-refractivity contribution is 7.89. The van der Waals surface area contributed by atoms with E-state index >= 15 is 0 Å². The molecule has 1 aromatic heterocycles. The molecule has 1 saturated carbocycles. The minimum absolute atomic E-state index is 0.0738. The van der Waals surface area contributed by atoms with Gasteiger partial charge >= 0.3 is 0 Å². The molecule has 3 aromatic rings. The molecule has 0 saturated heterocycles. The second-order valence-electron chi connectivity index (χ2n) is 7.74. The number of rotatable bonds is 9. The molecule has 0 spiro atoms. The van der Waals surface area contributed by atoms with Crippen LogP contribution in [0.25, 0.3) is 17.1 Å². The number of nitrogens with zero attached hydrogens (tertiary/aromatic N) is 2. The molecule has 1 aliphatic carbocycles. The lowest BCUT2D eigenvalue weighted by Crippen LogP contribution is -2.25. The molecule has 0 unspecified atom stereocenters. The fourth-order valence-corrected chi connectivity index (χ4v) is 4.71. The molecular formula is C23H26N4O3S. The van der Waals surface area contributed by atoms with Gasteiger partial charge in [0.15, 0.2) is 0 Å². The Kier molecular flexibility index (Phi) is 6.20. The molecule has 1 fully saturated rings. The van der Waals surface area contributed by atoms with Gasteiger partial charge in [0.25, 0.3) is 0 Å². The Balaban J connectivity index is 1.25. The van der Waals surface area contributed by atoms with E-state index in [2.05, 4.69) is 25.7 Å². The maximum Gasteiger partial charge on any atom is 0.244 e. The highest BCUT2D eigenvalue weighted by Gasteiger charge is 2.27. The van der Waals surface area contributed by atoms with Crippen molar-refractivity contribution < 1.29 is 13.2 Å². The molecule has 8 heteroatoms. The second-order valence-corrected chi connectivity index (χ2v) is 9.46. The Labute approximate surface area is 182 Å². The Morgan fingerprint density at radius 3 is 2.65 bits per heavy atom. The van der Waals surface area contributed by atoms with Gasteiger partial charge in [-0.15, -0.1) is 0 Å². The lowest BCUT2D eigenvalue weighted by molar-refractivity contribution is -0.116. The van der Waals surface area contributed by atoms with E-state index in [1.165, 1.54) is 6.08 Å². The Bertz CT molecular complexity index is 1210. The molecule has 1 amide bonds. The number of imidazole rings is 1. The topological polar surface area (TPSA) is 93.1 Å². The standard InChI is InChI=1S/C23H26N4O3S/c1-17-25-21-5-2-3-6-22(21)27(17)16-4-15-24-23(28)14-9-18-7-12-20(13-8-18)31(29,30)26-19-10-11-19/h2-3,5-9,12-14,19,26H,4,10-11,15-16H2,1H3,(H,24,28). The van der Waals surface area contributed by atoms with E-state index < -0.39 is 10.0 Å². The number of amides is 1. The van der Waals surface area contributed by atoms with Crippen LogP contribution in [0.5, 0.6) is 0 Å². The number of carbonyl (C=O) groups is 1. The summed E-state index contributed by atoms with van der Waals surface area (Å²) in [6.07, 6.45) is 5.72. The SMILES string of the molecule is Cc1nc2ccccc2n1CCCNC(=O)C=Cc1ccc(S(=O)(=O)NC2CC2)cc1. The first kappa shape index (κ1) is 21.3. The van der Waals surface area contributed by atoms with E-state index in [4.69, 9.17) is 0 Å². The van der Waals surface area contributed by atoms with E-state index in [1.807, 2.05) is 25.1 Å². The van der Waals surface area contributed by atoms with Gasteiger partial charge in [0.2, 0.25) is 15.9 Å². The molecule has 0 bridgehead atoms. The minimum atomic E-state index is -3.46. The largest absolute Gasteiger partial charge is 0.352 e. The summed E-state index contributed by atoms with van der Waals surface area (Å²) in [7, 11) is -3.46. The number of aromatic nitrogens is 2. The van der Waals surface area contributed by atoms with Crippen LogP contribution >= 0.6 is 0 Å². The van der Waals surface area contributed by atoms with Crippen molar-refractivity contribution in [3.05, 3.63) is 66.0 Å². The van der Waals surface area contributed by atoms with Crippen LogP contribution in [0, 0.1) is 6.92 Å². The number of hydrogen-bond donors (Lipinski definition) is 2. The predicted octanol–water partition coefficient (Wildman–Crippen LogP) is 3.01. The first-order valence-electron chi connectivity index (χ1n) is 10.4. The lowest BCUT2D eigenvalue weighted by atomic mass is 10.2. The van der Waals surface area contributed by atoms with Crippen molar-refractivity contribution in [3.8, 4) is 0 Å². The van der Waals surface area contributed by atoms with Crippen molar-refractivity contribution in [2.45, 2.75) is 43.7 Å². The average Bonchev–Trinajstić information content (AvgIpc) is 3.50. The molecule has 1 aliphatic rings. The highest BCUT2D eigenvalue weighted by atomic mass is 32.2. The van der Waals surface area contributed by atoms with Crippen LogP contribution in [-0.2, 0) is 21.4 Å². The Morgan fingerprint density at radius 2 is 1.90 bits per heavy atom. The molecule has 4 rings (SSSR count). The number of fused-ring (bicyclic) bond motifs is 1. The minimum Gasteiger partial charge on any atom is -0.352 e. The first-order valence-corrected chi connectivity index (χ1v) is 11.9. The van der Waals surface area contributed by atoms with Crippen LogP contribution in [0.4, 0.5) is 0 Å². The van der Waals surface area contributed by atoms with Crippen LogP contribution in [0.3, 0.4) is 0 Å². The van der Waals surface area contributed by atoms with Crippen molar-refractivity contribution in [2.24, 2.45) is 0 Å². The highest BCUT2D eigenvalue weighted by Crippen LogP contribution is 2.22. The van der Waals surface area contributed by atoms with Crippen LogP contribution < -0.4 is 10.0 Å². The Hall–Kier alpha value is -2.97. The number of nitrogens with one attached hydrogen (secondary N) is 2. The fraction of sp³-hybridized carbons (Fsp3) is 0.304. The van der Waals surface area contributed by atoms with Gasteiger partial charge in [0.1, 0.15) is 5.82 Å². The number of hydrogen-bond acceptors (Lipinski definition) is 4. The molecule has 7 nitrogen and oxygen atoms in total. The zero-order valence-electron chi connectivity index (χ0n) is 17.4. The van der Waals surface area contributed by atoms with Gasteiger partial charge in [-0.3, -0.25) is 4.79 Å². The fourth-order valence-electron chi connectivity index (χ4n) is 3.40.